The molecule has 0 bridgehead atoms. The van der Waals surface area contributed by atoms with E-state index in [2.05, 4.69) is 6.07 Å². The number of ketones is 1. The molecule has 30 heavy (non-hydrogen) atoms. The van der Waals surface area contributed by atoms with Crippen LogP contribution in [0.15, 0.2) is 96.4 Å². The van der Waals surface area contributed by atoms with Gasteiger partial charge in [-0.2, -0.15) is 5.26 Å². The summed E-state index contributed by atoms with van der Waals surface area (Å²) >= 11 is 0. The summed E-state index contributed by atoms with van der Waals surface area (Å²) in [4.78, 5) is 13.9. The van der Waals surface area contributed by atoms with Crippen LogP contribution in [0.25, 0.3) is 0 Å². The Labute approximate surface area is 175 Å². The third-order valence-corrected chi connectivity index (χ3v) is 5.38. The first-order valence-electron chi connectivity index (χ1n) is 9.50. The fraction of sp³-hybridized carbons (Fsp3) is 0.120. The van der Waals surface area contributed by atoms with Crippen LogP contribution in [0.5, 0.6) is 5.75 Å². The molecule has 1 aliphatic rings. The van der Waals surface area contributed by atoms with Gasteiger partial charge in [-0.15, -0.1) is 0 Å². The second kappa shape index (κ2) is 7.76. The fourth-order valence-electron chi connectivity index (χ4n) is 3.97. The maximum atomic E-state index is 13.9. The quantitative estimate of drug-likeness (QED) is 0.651. The summed E-state index contributed by atoms with van der Waals surface area (Å²) in [6, 6.07) is 27.5. The monoisotopic (exact) mass is 396 g/mol. The van der Waals surface area contributed by atoms with E-state index < -0.39 is 11.5 Å². The molecule has 4 rings (SSSR count). The molecule has 2 N–H and O–H groups in total. The van der Waals surface area contributed by atoms with Crippen molar-refractivity contribution in [2.75, 3.05) is 7.11 Å². The van der Waals surface area contributed by atoms with Crippen LogP contribution < -0.4 is 10.5 Å². The van der Waals surface area contributed by atoms with Gasteiger partial charge in [0.15, 0.2) is 0 Å². The van der Waals surface area contributed by atoms with Crippen molar-refractivity contribution >= 4 is 5.78 Å². The van der Waals surface area contributed by atoms with Crippen molar-refractivity contribution in [3.63, 3.8) is 0 Å². The van der Waals surface area contributed by atoms with Crippen LogP contribution in [-0.4, -0.2) is 12.9 Å². The molecule has 0 spiro atoms. The third-order valence-electron chi connectivity index (χ3n) is 5.38. The van der Waals surface area contributed by atoms with E-state index in [4.69, 9.17) is 15.2 Å². The van der Waals surface area contributed by atoms with Gasteiger partial charge in [-0.1, -0.05) is 72.8 Å². The van der Waals surface area contributed by atoms with Gasteiger partial charge in [0.1, 0.15) is 17.4 Å². The third kappa shape index (κ3) is 2.99. The molecule has 0 amide bonds. The molecule has 5 nitrogen and oxygen atoms in total. The molecular formula is C25H20N2O3. The highest BCUT2D eigenvalue weighted by atomic mass is 16.5. The van der Waals surface area contributed by atoms with Crippen LogP contribution in [0.1, 0.15) is 27.4 Å². The molecule has 0 fully saturated rings. The number of benzene rings is 3. The van der Waals surface area contributed by atoms with E-state index in [1.165, 1.54) is 0 Å². The van der Waals surface area contributed by atoms with Crippen LogP contribution in [-0.2, 0) is 10.3 Å². The molecular weight excluding hydrogens is 376 g/mol. The van der Waals surface area contributed by atoms with E-state index in [0.29, 0.717) is 16.9 Å². The minimum atomic E-state index is -1.49. The standard InChI is InChI=1S/C25H20N2O3/c1-29-20-14-12-17(13-15-20)22-21(16-26)24(27)30-25(22,19-10-6-3-7-11-19)23(28)18-8-4-2-5-9-18/h2-15,22H,27H2,1H3/t22-,25+/m1/s1. The Bertz CT molecular complexity index is 1130. The molecule has 1 aliphatic heterocycles. The molecule has 0 unspecified atom stereocenters. The van der Waals surface area contributed by atoms with Crippen LogP contribution in [0.3, 0.4) is 0 Å². The van der Waals surface area contributed by atoms with E-state index in [1.807, 2.05) is 48.5 Å². The molecule has 0 saturated heterocycles. The molecule has 3 aromatic rings. The second-order valence-corrected chi connectivity index (χ2v) is 6.99. The lowest BCUT2D eigenvalue weighted by Crippen LogP contribution is -2.41. The van der Waals surface area contributed by atoms with Crippen LogP contribution in [0.2, 0.25) is 0 Å². The zero-order valence-corrected chi connectivity index (χ0v) is 16.4. The molecule has 3 aromatic carbocycles. The lowest BCUT2D eigenvalue weighted by molar-refractivity contribution is 0.0136. The summed E-state index contributed by atoms with van der Waals surface area (Å²) in [7, 11) is 1.58. The number of carbonyl (C=O) groups excluding carboxylic acids is 1. The Morgan fingerprint density at radius 1 is 1.00 bits per heavy atom. The molecule has 0 radical (unpaired) electrons. The first-order valence-corrected chi connectivity index (χ1v) is 9.50. The Kier molecular flexibility index (Phi) is 4.99. The fourth-order valence-corrected chi connectivity index (χ4v) is 3.97. The maximum Gasteiger partial charge on any atom is 0.212 e. The van der Waals surface area contributed by atoms with Crippen molar-refractivity contribution in [1.29, 1.82) is 5.26 Å². The van der Waals surface area contributed by atoms with Crippen LogP contribution >= 0.6 is 0 Å². The highest BCUT2D eigenvalue weighted by molar-refractivity contribution is 6.04. The van der Waals surface area contributed by atoms with Gasteiger partial charge in [0.25, 0.3) is 0 Å². The Hall–Kier alpha value is -4.04. The average Bonchev–Trinajstić information content (AvgIpc) is 3.12. The Morgan fingerprint density at radius 3 is 2.17 bits per heavy atom. The molecule has 2 atom stereocenters. The molecule has 5 heteroatoms. The number of rotatable bonds is 5. The number of nitriles is 1. The van der Waals surface area contributed by atoms with Gasteiger partial charge in [-0.25, -0.2) is 0 Å². The first-order chi connectivity index (χ1) is 14.6. The van der Waals surface area contributed by atoms with Gasteiger partial charge >= 0.3 is 0 Å². The minimum absolute atomic E-state index is 0.0357. The lowest BCUT2D eigenvalue weighted by Gasteiger charge is -2.34. The van der Waals surface area contributed by atoms with Gasteiger partial charge in [0.05, 0.1) is 13.0 Å². The molecule has 0 aromatic heterocycles. The Balaban J connectivity index is 1.98. The Morgan fingerprint density at radius 2 is 1.60 bits per heavy atom. The van der Waals surface area contributed by atoms with Gasteiger partial charge in [0, 0.05) is 11.1 Å². The van der Waals surface area contributed by atoms with Gasteiger partial charge in [-0.3, -0.25) is 4.79 Å². The summed E-state index contributed by atoms with van der Waals surface area (Å²) in [5.74, 6) is -0.328. The normalized spacial score (nSPS) is 20.3. The molecule has 0 aliphatic carbocycles. The summed E-state index contributed by atoms with van der Waals surface area (Å²) in [5.41, 5.74) is 6.74. The highest BCUT2D eigenvalue weighted by Gasteiger charge is 2.57. The van der Waals surface area contributed by atoms with Crippen LogP contribution in [0, 0.1) is 11.3 Å². The minimum Gasteiger partial charge on any atom is -0.497 e. The number of hydrogen-bond donors (Lipinski definition) is 1. The smallest absolute Gasteiger partial charge is 0.212 e. The average molecular weight is 396 g/mol. The van der Waals surface area contributed by atoms with Crippen LogP contribution in [0.4, 0.5) is 0 Å². The van der Waals surface area contributed by atoms with Crippen molar-refractivity contribution in [3.8, 4) is 11.8 Å². The number of ether oxygens (including phenoxy) is 2. The van der Waals surface area contributed by atoms with Crippen molar-refractivity contribution in [2.24, 2.45) is 5.73 Å². The van der Waals surface area contributed by atoms with Gasteiger partial charge < -0.3 is 15.2 Å². The lowest BCUT2D eigenvalue weighted by atomic mass is 9.71. The van der Waals surface area contributed by atoms with E-state index >= 15 is 0 Å². The predicted octanol–water partition coefficient (Wildman–Crippen LogP) is 4.28. The zero-order valence-electron chi connectivity index (χ0n) is 16.4. The molecule has 1 heterocycles. The van der Waals surface area contributed by atoms with Gasteiger partial charge in [-0.05, 0) is 17.7 Å². The second-order valence-electron chi connectivity index (χ2n) is 6.99. The van der Waals surface area contributed by atoms with Gasteiger partial charge in [0.2, 0.25) is 17.3 Å². The van der Waals surface area contributed by atoms with Crippen molar-refractivity contribution in [2.45, 2.75) is 11.5 Å². The number of hydrogen-bond acceptors (Lipinski definition) is 5. The van der Waals surface area contributed by atoms with Crippen molar-refractivity contribution in [3.05, 3.63) is 113 Å². The summed E-state index contributed by atoms with van der Waals surface area (Å²) in [6.45, 7) is 0. The van der Waals surface area contributed by atoms with E-state index in [9.17, 15) is 10.1 Å². The number of methoxy groups -OCH3 is 1. The summed E-state index contributed by atoms with van der Waals surface area (Å²) in [5, 5.41) is 9.90. The summed E-state index contributed by atoms with van der Waals surface area (Å²) < 4.78 is 11.4. The number of carbonyl (C=O) groups is 1. The zero-order chi connectivity index (χ0) is 21.1. The van der Waals surface area contributed by atoms with Crippen molar-refractivity contribution in [1.82, 2.24) is 0 Å². The van der Waals surface area contributed by atoms with E-state index in [-0.39, 0.29) is 17.2 Å². The predicted molar refractivity (Wildman–Crippen MR) is 113 cm³/mol. The van der Waals surface area contributed by atoms with E-state index in [1.54, 1.807) is 43.5 Å². The molecule has 148 valence electrons. The SMILES string of the molecule is COc1ccc([C@@H]2C(C#N)=C(N)O[C@@]2(C(=O)c2ccccc2)c2ccccc2)cc1. The van der Waals surface area contributed by atoms with E-state index in [0.717, 1.165) is 5.56 Å². The topological polar surface area (TPSA) is 85.3 Å². The van der Waals surface area contributed by atoms with Crippen molar-refractivity contribution < 1.29 is 14.3 Å². The number of nitrogens with zero attached hydrogens (tertiary/aromatic N) is 1. The first kappa shape index (κ1) is 19.3. The molecule has 0 saturated carbocycles. The number of nitrogens with two attached hydrogens (primary N) is 1. The number of Topliss-reactive ketones (excluding diaryl/α,β-unsaturated/α-hetero) is 1. The summed E-state index contributed by atoms with van der Waals surface area (Å²) in [6.07, 6.45) is 0. The maximum absolute atomic E-state index is 13.9. The highest BCUT2D eigenvalue weighted by Crippen LogP contribution is 2.52. The largest absolute Gasteiger partial charge is 0.497 e.